The SMILES string of the molecule is CCC(NC)c1ccn(CC2CN(C(C)C)CCO2)c1. The van der Waals surface area contributed by atoms with Gasteiger partial charge < -0.3 is 14.6 Å². The lowest BCUT2D eigenvalue weighted by atomic mass is 10.1. The van der Waals surface area contributed by atoms with Crippen LogP contribution in [0.3, 0.4) is 0 Å². The molecule has 0 spiro atoms. The van der Waals surface area contributed by atoms with Gasteiger partial charge in [-0.1, -0.05) is 6.92 Å². The molecule has 0 bridgehead atoms. The normalized spacial score (nSPS) is 22.4. The Morgan fingerprint density at radius 3 is 2.90 bits per heavy atom. The van der Waals surface area contributed by atoms with Crippen LogP contribution in [0.25, 0.3) is 0 Å². The Morgan fingerprint density at radius 1 is 1.45 bits per heavy atom. The third kappa shape index (κ3) is 3.84. The van der Waals surface area contributed by atoms with Crippen LogP contribution in [0.1, 0.15) is 38.8 Å². The van der Waals surface area contributed by atoms with E-state index in [-0.39, 0.29) is 0 Å². The van der Waals surface area contributed by atoms with E-state index in [9.17, 15) is 0 Å². The van der Waals surface area contributed by atoms with E-state index < -0.39 is 0 Å². The van der Waals surface area contributed by atoms with Gasteiger partial charge in [0.15, 0.2) is 0 Å². The van der Waals surface area contributed by atoms with Crippen LogP contribution in [0.4, 0.5) is 0 Å². The number of morpholine rings is 1. The van der Waals surface area contributed by atoms with E-state index in [2.05, 4.69) is 54.0 Å². The molecule has 0 aromatic carbocycles. The van der Waals surface area contributed by atoms with Gasteiger partial charge in [-0.25, -0.2) is 0 Å². The van der Waals surface area contributed by atoms with Gasteiger partial charge in [-0.15, -0.1) is 0 Å². The molecule has 1 fully saturated rings. The van der Waals surface area contributed by atoms with Crippen molar-refractivity contribution in [2.24, 2.45) is 0 Å². The van der Waals surface area contributed by atoms with Crippen LogP contribution >= 0.6 is 0 Å². The average molecular weight is 279 g/mol. The molecule has 0 amide bonds. The standard InChI is InChI=1S/C16H29N3O/c1-5-16(17-4)14-6-7-18(10-14)11-15-12-19(13(2)3)8-9-20-15/h6-7,10,13,15-17H,5,8-9,11-12H2,1-4H3. The minimum absolute atomic E-state index is 0.307. The highest BCUT2D eigenvalue weighted by Gasteiger charge is 2.22. The maximum absolute atomic E-state index is 5.91. The fourth-order valence-electron chi connectivity index (χ4n) is 2.94. The van der Waals surface area contributed by atoms with E-state index in [0.717, 1.165) is 32.7 Å². The van der Waals surface area contributed by atoms with Gasteiger partial charge >= 0.3 is 0 Å². The van der Waals surface area contributed by atoms with E-state index in [1.807, 2.05) is 7.05 Å². The van der Waals surface area contributed by atoms with Crippen molar-refractivity contribution >= 4 is 0 Å². The van der Waals surface area contributed by atoms with Crippen LogP contribution in [0.5, 0.6) is 0 Å². The molecule has 4 nitrogen and oxygen atoms in total. The molecule has 1 saturated heterocycles. The molecule has 20 heavy (non-hydrogen) atoms. The minimum atomic E-state index is 0.307. The van der Waals surface area contributed by atoms with Crippen LogP contribution in [-0.2, 0) is 11.3 Å². The number of nitrogens with one attached hydrogen (secondary N) is 1. The van der Waals surface area contributed by atoms with E-state index in [1.54, 1.807) is 0 Å². The van der Waals surface area contributed by atoms with Gasteiger partial charge in [0.1, 0.15) is 0 Å². The highest BCUT2D eigenvalue weighted by atomic mass is 16.5. The van der Waals surface area contributed by atoms with E-state index in [1.165, 1.54) is 5.56 Å². The molecule has 1 aliphatic rings. The summed E-state index contributed by atoms with van der Waals surface area (Å²) in [4.78, 5) is 2.50. The number of nitrogens with zero attached hydrogens (tertiary/aromatic N) is 2. The van der Waals surface area contributed by atoms with Gasteiger partial charge in [-0.05, 0) is 38.9 Å². The summed E-state index contributed by atoms with van der Waals surface area (Å²) in [5.41, 5.74) is 1.37. The predicted molar refractivity (Wildman–Crippen MR) is 83.0 cm³/mol. The van der Waals surface area contributed by atoms with Crippen LogP contribution < -0.4 is 5.32 Å². The summed E-state index contributed by atoms with van der Waals surface area (Å²) in [7, 11) is 2.02. The predicted octanol–water partition coefficient (Wildman–Crippen LogP) is 2.27. The van der Waals surface area contributed by atoms with Gasteiger partial charge in [0.05, 0.1) is 12.7 Å². The Kier molecular flexibility index (Phi) is 5.64. The first-order chi connectivity index (χ1) is 9.63. The molecule has 1 aromatic heterocycles. The summed E-state index contributed by atoms with van der Waals surface area (Å²) in [5, 5.41) is 3.35. The molecule has 4 heteroatoms. The lowest BCUT2D eigenvalue weighted by Gasteiger charge is -2.35. The van der Waals surface area contributed by atoms with Gasteiger partial charge in [-0.3, -0.25) is 4.90 Å². The first-order valence-electron chi connectivity index (χ1n) is 7.82. The summed E-state index contributed by atoms with van der Waals surface area (Å²) in [5.74, 6) is 0. The topological polar surface area (TPSA) is 29.4 Å². The summed E-state index contributed by atoms with van der Waals surface area (Å²) in [6.07, 6.45) is 5.85. The van der Waals surface area contributed by atoms with Crippen molar-refractivity contribution in [3.8, 4) is 0 Å². The zero-order chi connectivity index (χ0) is 14.5. The van der Waals surface area contributed by atoms with Crippen LogP contribution in [0.2, 0.25) is 0 Å². The van der Waals surface area contributed by atoms with E-state index in [4.69, 9.17) is 4.74 Å². The molecule has 114 valence electrons. The van der Waals surface area contributed by atoms with Crippen molar-refractivity contribution in [2.45, 2.75) is 51.9 Å². The zero-order valence-corrected chi connectivity index (χ0v) is 13.3. The Balaban J connectivity index is 1.93. The highest BCUT2D eigenvalue weighted by Crippen LogP contribution is 2.17. The summed E-state index contributed by atoms with van der Waals surface area (Å²) in [6, 6.07) is 3.28. The summed E-state index contributed by atoms with van der Waals surface area (Å²) < 4.78 is 8.17. The molecular weight excluding hydrogens is 250 g/mol. The first-order valence-corrected chi connectivity index (χ1v) is 7.82. The molecule has 0 saturated carbocycles. The average Bonchev–Trinajstić information content (AvgIpc) is 2.89. The molecule has 2 heterocycles. The van der Waals surface area contributed by atoms with Crippen molar-refractivity contribution in [1.82, 2.24) is 14.8 Å². The number of aromatic nitrogens is 1. The van der Waals surface area contributed by atoms with Crippen LogP contribution in [0.15, 0.2) is 18.5 Å². The smallest absolute Gasteiger partial charge is 0.0881 e. The third-order valence-corrected chi connectivity index (χ3v) is 4.25. The maximum Gasteiger partial charge on any atom is 0.0881 e. The third-order valence-electron chi connectivity index (χ3n) is 4.25. The number of hydrogen-bond donors (Lipinski definition) is 1. The van der Waals surface area contributed by atoms with Crippen LogP contribution in [-0.4, -0.2) is 48.4 Å². The fraction of sp³-hybridized carbons (Fsp3) is 0.750. The van der Waals surface area contributed by atoms with Crippen molar-refractivity contribution in [3.05, 3.63) is 24.0 Å². The van der Waals surface area contributed by atoms with E-state index in [0.29, 0.717) is 18.2 Å². The van der Waals surface area contributed by atoms with Crippen LogP contribution in [0, 0.1) is 0 Å². The second-order valence-corrected chi connectivity index (χ2v) is 5.97. The Morgan fingerprint density at radius 2 is 2.25 bits per heavy atom. The van der Waals surface area contributed by atoms with Crippen molar-refractivity contribution < 1.29 is 4.74 Å². The molecule has 1 aromatic rings. The molecule has 2 atom stereocenters. The second kappa shape index (κ2) is 7.25. The lowest BCUT2D eigenvalue weighted by Crippen LogP contribution is -2.47. The fourth-order valence-corrected chi connectivity index (χ4v) is 2.94. The van der Waals surface area contributed by atoms with Gasteiger partial charge in [0, 0.05) is 44.1 Å². The minimum Gasteiger partial charge on any atom is -0.374 e. The molecule has 1 aliphatic heterocycles. The Labute approximate surface area is 123 Å². The summed E-state index contributed by atoms with van der Waals surface area (Å²) in [6.45, 7) is 10.6. The number of hydrogen-bond acceptors (Lipinski definition) is 3. The highest BCUT2D eigenvalue weighted by molar-refractivity contribution is 5.15. The lowest BCUT2D eigenvalue weighted by molar-refractivity contribution is -0.0455. The second-order valence-electron chi connectivity index (χ2n) is 5.97. The first kappa shape index (κ1) is 15.5. The number of rotatable bonds is 6. The largest absolute Gasteiger partial charge is 0.374 e. The summed E-state index contributed by atoms with van der Waals surface area (Å²) >= 11 is 0. The molecule has 2 unspecified atom stereocenters. The molecule has 1 N–H and O–H groups in total. The Hall–Kier alpha value is -0.840. The molecular formula is C16H29N3O. The van der Waals surface area contributed by atoms with Crippen molar-refractivity contribution in [3.63, 3.8) is 0 Å². The monoisotopic (exact) mass is 279 g/mol. The molecule has 2 rings (SSSR count). The molecule has 0 aliphatic carbocycles. The van der Waals surface area contributed by atoms with E-state index >= 15 is 0 Å². The van der Waals surface area contributed by atoms with Gasteiger partial charge in [0.2, 0.25) is 0 Å². The quantitative estimate of drug-likeness (QED) is 0.866. The van der Waals surface area contributed by atoms with Crippen molar-refractivity contribution in [2.75, 3.05) is 26.7 Å². The zero-order valence-electron chi connectivity index (χ0n) is 13.3. The maximum atomic E-state index is 5.91. The van der Waals surface area contributed by atoms with Gasteiger partial charge in [0.25, 0.3) is 0 Å². The Bertz CT molecular complexity index is 398. The number of ether oxygens (including phenoxy) is 1. The van der Waals surface area contributed by atoms with Gasteiger partial charge in [-0.2, -0.15) is 0 Å². The molecule has 0 radical (unpaired) electrons. The van der Waals surface area contributed by atoms with Crippen molar-refractivity contribution in [1.29, 1.82) is 0 Å².